The first-order valence-electron chi connectivity index (χ1n) is 29.4. The number of amides is 1. The summed E-state index contributed by atoms with van der Waals surface area (Å²) in [5, 5.41) is 16.7. The molecule has 0 unspecified atom stereocenters. The number of aromatic nitrogens is 3. The van der Waals surface area contributed by atoms with Crippen LogP contribution >= 0.6 is 0 Å². The van der Waals surface area contributed by atoms with Gasteiger partial charge in [0.1, 0.15) is 35.5 Å². The average molecular weight is 1150 g/mol. The minimum Gasteiger partial charge on any atom is -0.492 e. The third-order valence-electron chi connectivity index (χ3n) is 18.8. The number of sulfonamides is 1. The fraction of sp³-hybridized carbons (Fsp3) is 0.492. The summed E-state index contributed by atoms with van der Waals surface area (Å²) >= 11 is 0. The van der Waals surface area contributed by atoms with E-state index in [-0.39, 0.29) is 71.8 Å². The molecule has 1 spiro atoms. The lowest BCUT2D eigenvalue weighted by Gasteiger charge is -2.58. The van der Waals surface area contributed by atoms with Gasteiger partial charge in [0.25, 0.3) is 21.6 Å². The lowest BCUT2D eigenvalue weighted by Crippen LogP contribution is -2.60. The number of nitrogens with zero attached hydrogens (tertiary/aromatic N) is 7. The Kier molecular flexibility index (Phi) is 14.1. The van der Waals surface area contributed by atoms with Gasteiger partial charge < -0.3 is 48.5 Å². The largest absolute Gasteiger partial charge is 0.492 e. The fourth-order valence-electron chi connectivity index (χ4n) is 14.6. The third-order valence-corrected chi connectivity index (χ3v) is 20.1. The van der Waals surface area contributed by atoms with Crippen molar-refractivity contribution in [2.24, 2.45) is 11.3 Å². The van der Waals surface area contributed by atoms with E-state index in [0.717, 1.165) is 106 Å². The van der Waals surface area contributed by atoms with Crippen molar-refractivity contribution in [2.45, 2.75) is 113 Å². The van der Waals surface area contributed by atoms with Crippen LogP contribution in [0.1, 0.15) is 98.8 Å². The van der Waals surface area contributed by atoms with Crippen LogP contribution in [0.25, 0.3) is 11.0 Å². The summed E-state index contributed by atoms with van der Waals surface area (Å²) in [7, 11) is -4.72. The number of carbonyl (C=O) groups excluding carboxylic acids is 1. The molecule has 22 heteroatoms. The maximum Gasteiger partial charge on any atom is 0.297 e. The number of rotatable bonds is 12. The zero-order chi connectivity index (χ0) is 56.6. The number of fused-ring (bicyclic) bond motifs is 5. The van der Waals surface area contributed by atoms with Crippen molar-refractivity contribution in [3.05, 3.63) is 118 Å². The molecular weight excluding hydrogens is 1080 g/mol. The van der Waals surface area contributed by atoms with Gasteiger partial charge >= 0.3 is 0 Å². The molecule has 14 rings (SSSR count). The number of piperidine rings is 1. The van der Waals surface area contributed by atoms with Crippen molar-refractivity contribution in [2.75, 3.05) is 87.5 Å². The minimum atomic E-state index is -4.72. The Morgan fingerprint density at radius 3 is 2.53 bits per heavy atom. The van der Waals surface area contributed by atoms with Gasteiger partial charge in [-0.15, -0.1) is 0 Å². The number of ether oxygens (including phenoxy) is 6. The highest BCUT2D eigenvalue weighted by atomic mass is 32.2. The molecule has 5 atom stereocenters. The van der Waals surface area contributed by atoms with E-state index in [1.54, 1.807) is 6.07 Å². The number of nitro groups is 1. The zero-order valence-electron chi connectivity index (χ0n) is 46.7. The van der Waals surface area contributed by atoms with Crippen LogP contribution in [0.5, 0.6) is 23.1 Å². The Morgan fingerprint density at radius 2 is 1.70 bits per heavy atom. The number of carbonyl (C=O) groups is 1. The van der Waals surface area contributed by atoms with E-state index in [2.05, 4.69) is 83.8 Å². The summed E-state index contributed by atoms with van der Waals surface area (Å²) in [5.41, 5.74) is 4.99. The number of nitrogens with one attached hydrogen (secondary N) is 3. The molecule has 0 bridgehead atoms. The van der Waals surface area contributed by atoms with Crippen molar-refractivity contribution >= 4 is 55.4 Å². The predicted octanol–water partition coefficient (Wildman–Crippen LogP) is 8.69. The first kappa shape index (κ1) is 53.7. The number of anilines is 4. The lowest BCUT2D eigenvalue weighted by molar-refractivity contribution is -0.384. The van der Waals surface area contributed by atoms with E-state index in [9.17, 15) is 23.3 Å². The smallest absolute Gasteiger partial charge is 0.297 e. The quantitative estimate of drug-likeness (QED) is 0.0769. The summed E-state index contributed by atoms with van der Waals surface area (Å²) in [4.78, 5) is 48.8. The summed E-state index contributed by atoms with van der Waals surface area (Å²) in [6.45, 7) is 11.3. The molecule has 4 saturated heterocycles. The van der Waals surface area contributed by atoms with Crippen LogP contribution in [-0.2, 0) is 19.5 Å². The van der Waals surface area contributed by atoms with Crippen molar-refractivity contribution in [1.29, 1.82) is 0 Å². The molecule has 8 aliphatic rings. The number of hydrogen-bond donors (Lipinski definition) is 3. The molecule has 83 heavy (non-hydrogen) atoms. The third kappa shape index (κ3) is 10.1. The molecule has 10 heterocycles. The molecule has 436 valence electrons. The van der Waals surface area contributed by atoms with Crippen molar-refractivity contribution < 1.29 is 46.6 Å². The number of hydrogen-bond acceptors (Lipinski definition) is 18. The molecule has 7 aliphatic heterocycles. The van der Waals surface area contributed by atoms with E-state index < -0.39 is 37.5 Å². The SMILES string of the molecule is CC(C)Oc1ccccc1[C@@H]1CN([C@@H]2CCOc3cnccc32)CCN1C1CC2(CCN(c3ccc(C(=O)NS(=O)(=O)c4cc5c(c([N+](=O)[O-])c4)N[C@H](C4CCOCC4)CO5)c(N4c5cc6cc[nH]c6nc5O[C@H]5COCC[C@@H]54)c3)CC2)C1. The molecule has 21 nitrogen and oxygen atoms in total. The minimum absolute atomic E-state index is 0.0244. The summed E-state index contributed by atoms with van der Waals surface area (Å²) in [6.07, 6.45) is 12.3. The van der Waals surface area contributed by atoms with E-state index in [1.165, 1.54) is 17.2 Å². The second-order valence-corrected chi connectivity index (χ2v) is 25.7. The molecule has 1 saturated carbocycles. The molecule has 1 amide bonds. The highest BCUT2D eigenvalue weighted by Gasteiger charge is 2.51. The summed E-state index contributed by atoms with van der Waals surface area (Å²) in [5.74, 6) is 1.46. The Balaban J connectivity index is 0.740. The second-order valence-electron chi connectivity index (χ2n) is 24.0. The van der Waals surface area contributed by atoms with Crippen LogP contribution in [0.4, 0.5) is 28.4 Å². The molecule has 3 aromatic heterocycles. The maximum atomic E-state index is 15.0. The number of pyridine rings is 2. The Morgan fingerprint density at radius 1 is 0.867 bits per heavy atom. The first-order valence-corrected chi connectivity index (χ1v) is 30.9. The van der Waals surface area contributed by atoms with Crippen LogP contribution < -0.4 is 38.8 Å². The van der Waals surface area contributed by atoms with E-state index in [4.69, 9.17) is 33.4 Å². The summed E-state index contributed by atoms with van der Waals surface area (Å²) < 4.78 is 68.0. The number of benzene rings is 3. The molecule has 3 N–H and O–H groups in total. The number of piperazine rings is 1. The van der Waals surface area contributed by atoms with Gasteiger partial charge in [-0.1, -0.05) is 18.2 Å². The topological polar surface area (TPSA) is 228 Å². The lowest BCUT2D eigenvalue weighted by atomic mass is 9.59. The predicted molar refractivity (Wildman–Crippen MR) is 310 cm³/mol. The standard InChI is InChI=1S/C61H70N10O11S/c1-37(2)81-53-6-4-3-5-43(53)52-34-68(47-14-26-79-55-33-62-17-10-44(47)55)21-22-69(52)41-31-61(32-41)15-19-67(20-16-61)40-7-8-45(49(28-40)70-48-13-25-78-36-56(48)82-60-51(70)27-39-9-18-63-58(39)65-60)59(72)66-83(75,76)42-29-50(71(73)74)57-54(30-42)80-35-46(64-57)38-11-23-77-24-12-38/h3-10,17-18,27-30,33,37-38,41,46-48,52,56,64H,11-16,19-26,31-32,34-36H2,1-2H3,(H,63,65)(H,66,72)/t46-,47+,48-,52-,56-/m0/s1. The molecule has 0 radical (unpaired) electrons. The number of nitro benzene ring substituents is 1. The summed E-state index contributed by atoms with van der Waals surface area (Å²) in [6, 6.07) is 22.7. The van der Waals surface area contributed by atoms with E-state index in [1.807, 2.05) is 42.9 Å². The van der Waals surface area contributed by atoms with Crippen LogP contribution in [0.15, 0.2) is 96.3 Å². The second kappa shape index (κ2) is 21.7. The zero-order valence-corrected chi connectivity index (χ0v) is 47.6. The Bertz CT molecular complexity index is 3560. The van der Waals surface area contributed by atoms with Gasteiger partial charge in [-0.25, -0.2) is 13.1 Å². The van der Waals surface area contributed by atoms with Gasteiger partial charge in [0.2, 0.25) is 5.88 Å². The number of H-pyrrole nitrogens is 1. The van der Waals surface area contributed by atoms with Crippen molar-refractivity contribution in [1.82, 2.24) is 29.5 Å². The van der Waals surface area contributed by atoms with Crippen LogP contribution in [0.3, 0.4) is 0 Å². The number of para-hydroxylation sites is 1. The van der Waals surface area contributed by atoms with Crippen LogP contribution in [0, 0.1) is 21.4 Å². The first-order chi connectivity index (χ1) is 40.3. The normalized spacial score (nSPS) is 24.7. The average Bonchev–Trinajstić information content (AvgIpc) is 4.15. The van der Waals surface area contributed by atoms with E-state index >= 15 is 0 Å². The molecule has 3 aromatic carbocycles. The van der Waals surface area contributed by atoms with Gasteiger partial charge in [0.05, 0.1) is 64.7 Å². The highest BCUT2D eigenvalue weighted by Crippen LogP contribution is 2.55. The molecule has 1 aliphatic carbocycles. The van der Waals surface area contributed by atoms with Crippen molar-refractivity contribution in [3.8, 4) is 23.1 Å². The number of aromatic amines is 1. The Hall–Kier alpha value is -7.24. The monoisotopic (exact) mass is 1150 g/mol. The van der Waals surface area contributed by atoms with Gasteiger partial charge in [0.15, 0.2) is 11.4 Å². The molecule has 6 aromatic rings. The van der Waals surface area contributed by atoms with Gasteiger partial charge in [-0.05, 0) is 113 Å². The van der Waals surface area contributed by atoms with Crippen LogP contribution in [-0.4, -0.2) is 147 Å². The van der Waals surface area contributed by atoms with Gasteiger partial charge in [-0.3, -0.25) is 29.7 Å². The van der Waals surface area contributed by atoms with E-state index in [0.29, 0.717) is 61.8 Å². The van der Waals surface area contributed by atoms with Gasteiger partial charge in [-0.2, -0.15) is 4.98 Å². The van der Waals surface area contributed by atoms with Crippen LogP contribution in [0.2, 0.25) is 0 Å². The maximum absolute atomic E-state index is 15.0. The molecule has 5 fully saturated rings. The van der Waals surface area contributed by atoms with Crippen molar-refractivity contribution in [3.63, 3.8) is 0 Å². The van der Waals surface area contributed by atoms with Gasteiger partial charge in [0, 0.05) is 118 Å². The highest BCUT2D eigenvalue weighted by molar-refractivity contribution is 7.90. The fourth-order valence-corrected chi connectivity index (χ4v) is 15.6. The molecular formula is C61H70N10O11S. The Labute approximate surface area is 482 Å².